The third-order valence-corrected chi connectivity index (χ3v) is 1.98. The molecule has 1 amide bonds. The highest BCUT2D eigenvalue weighted by Gasteiger charge is 2.14. The summed E-state index contributed by atoms with van der Waals surface area (Å²) >= 11 is 0. The first-order valence-electron chi connectivity index (χ1n) is 6.59. The monoisotopic (exact) mass is 258 g/mol. The molecule has 4 heteroatoms. The van der Waals surface area contributed by atoms with Crippen molar-refractivity contribution in [3.8, 4) is 0 Å². The maximum absolute atomic E-state index is 11.0. The van der Waals surface area contributed by atoms with Gasteiger partial charge in [-0.2, -0.15) is 0 Å². The lowest BCUT2D eigenvalue weighted by molar-refractivity contribution is 0.0527. The number of nitrogens with one attached hydrogen (secondary N) is 2. The molecule has 108 valence electrons. The number of alkyl carbamates (subject to hydrolysis) is 1. The van der Waals surface area contributed by atoms with E-state index in [4.69, 9.17) is 4.74 Å². The van der Waals surface area contributed by atoms with Crippen LogP contribution in [-0.2, 0) is 4.74 Å². The molecule has 0 radical (unpaired) electrons. The van der Waals surface area contributed by atoms with Gasteiger partial charge in [0, 0.05) is 19.3 Å². The smallest absolute Gasteiger partial charge is 0.407 e. The second kappa shape index (κ2) is 10.9. The summed E-state index contributed by atoms with van der Waals surface area (Å²) in [5.74, 6) is 0. The lowest BCUT2D eigenvalue weighted by Crippen LogP contribution is -2.32. The van der Waals surface area contributed by atoms with Crippen molar-refractivity contribution in [1.82, 2.24) is 10.6 Å². The first kappa shape index (κ1) is 19.2. The molecule has 0 aliphatic rings. The van der Waals surface area contributed by atoms with E-state index in [0.717, 1.165) is 25.0 Å². The lowest BCUT2D eigenvalue weighted by atomic mass is 10.2. The molecule has 0 saturated carbocycles. The average Bonchev–Trinajstić information content (AvgIpc) is 2.27. The Kier molecular flexibility index (Phi) is 11.6. The van der Waals surface area contributed by atoms with Gasteiger partial charge in [-0.1, -0.05) is 26.8 Å². The Labute approximate surface area is 112 Å². The molecule has 4 nitrogen and oxygen atoms in total. The van der Waals surface area contributed by atoms with Crippen LogP contribution >= 0.6 is 0 Å². The molecule has 0 unspecified atom stereocenters. The number of amides is 1. The maximum Gasteiger partial charge on any atom is 0.407 e. The van der Waals surface area contributed by atoms with E-state index in [9.17, 15) is 4.79 Å². The van der Waals surface area contributed by atoms with Gasteiger partial charge in [0.25, 0.3) is 0 Å². The summed E-state index contributed by atoms with van der Waals surface area (Å²) in [6.45, 7) is 14.1. The molecule has 2 N–H and O–H groups in total. The van der Waals surface area contributed by atoms with Crippen molar-refractivity contribution in [1.29, 1.82) is 0 Å². The molecule has 0 aliphatic heterocycles. The van der Waals surface area contributed by atoms with E-state index in [0.29, 0.717) is 6.54 Å². The number of unbranched alkanes of at least 4 members (excludes halogenated alkanes) is 1. The topological polar surface area (TPSA) is 50.4 Å². The molecular weight excluding hydrogens is 228 g/mol. The largest absolute Gasteiger partial charge is 0.444 e. The maximum atomic E-state index is 11.0. The fraction of sp³-hybridized carbons (Fsp3) is 0.786. The van der Waals surface area contributed by atoms with Gasteiger partial charge in [-0.25, -0.2) is 4.79 Å². The Balaban J connectivity index is 0. The van der Waals surface area contributed by atoms with Gasteiger partial charge in [-0.05, 0) is 33.6 Å². The van der Waals surface area contributed by atoms with Crippen molar-refractivity contribution in [3.05, 3.63) is 12.3 Å². The van der Waals surface area contributed by atoms with Crippen LogP contribution in [0.1, 0.15) is 53.9 Å². The average molecular weight is 258 g/mol. The van der Waals surface area contributed by atoms with Crippen LogP contribution in [0.25, 0.3) is 0 Å². The first-order chi connectivity index (χ1) is 8.26. The van der Waals surface area contributed by atoms with E-state index >= 15 is 0 Å². The van der Waals surface area contributed by atoms with Crippen molar-refractivity contribution >= 4 is 6.09 Å². The zero-order chi connectivity index (χ0) is 14.6. The highest BCUT2D eigenvalue weighted by molar-refractivity contribution is 5.67. The lowest BCUT2D eigenvalue weighted by Gasteiger charge is -2.19. The van der Waals surface area contributed by atoms with Crippen LogP contribution in [0.15, 0.2) is 12.3 Å². The second-order valence-corrected chi connectivity index (χ2v) is 4.99. The van der Waals surface area contributed by atoms with Gasteiger partial charge in [0.15, 0.2) is 0 Å². The fourth-order valence-corrected chi connectivity index (χ4v) is 0.858. The number of carbonyl (C=O) groups excluding carboxylic acids is 1. The van der Waals surface area contributed by atoms with E-state index in [1.807, 2.05) is 27.8 Å². The molecule has 0 atom stereocenters. The normalized spacial score (nSPS) is 9.89. The van der Waals surface area contributed by atoms with E-state index in [-0.39, 0.29) is 6.09 Å². The molecule has 0 aromatic rings. The van der Waals surface area contributed by atoms with Crippen molar-refractivity contribution in [2.24, 2.45) is 0 Å². The van der Waals surface area contributed by atoms with Crippen LogP contribution in [0.3, 0.4) is 0 Å². The SMILES string of the molecule is C=C(CC)NC.CCCCNC(=O)OC(C)(C)C. The van der Waals surface area contributed by atoms with Crippen molar-refractivity contribution in [2.75, 3.05) is 13.6 Å². The minimum Gasteiger partial charge on any atom is -0.444 e. The zero-order valence-corrected chi connectivity index (χ0v) is 12.9. The molecule has 0 rings (SSSR count). The molecule has 0 aromatic carbocycles. The first-order valence-corrected chi connectivity index (χ1v) is 6.59. The van der Waals surface area contributed by atoms with E-state index in [1.54, 1.807) is 0 Å². The Morgan fingerprint density at radius 1 is 1.28 bits per heavy atom. The summed E-state index contributed by atoms with van der Waals surface area (Å²) in [4.78, 5) is 11.0. The summed E-state index contributed by atoms with van der Waals surface area (Å²) < 4.78 is 5.03. The van der Waals surface area contributed by atoms with Gasteiger partial charge in [0.1, 0.15) is 5.60 Å². The Morgan fingerprint density at radius 3 is 2.11 bits per heavy atom. The number of rotatable bonds is 5. The Bertz CT molecular complexity index is 226. The molecule has 0 aliphatic carbocycles. The van der Waals surface area contributed by atoms with Crippen LogP contribution in [-0.4, -0.2) is 25.3 Å². The highest BCUT2D eigenvalue weighted by Crippen LogP contribution is 2.06. The van der Waals surface area contributed by atoms with Crippen LogP contribution in [0.5, 0.6) is 0 Å². The van der Waals surface area contributed by atoms with Gasteiger partial charge in [-0.15, -0.1) is 0 Å². The van der Waals surface area contributed by atoms with Crippen LogP contribution in [0, 0.1) is 0 Å². The molecule has 0 bridgehead atoms. The summed E-state index contributed by atoms with van der Waals surface area (Å²) in [5, 5.41) is 5.60. The second-order valence-electron chi connectivity index (χ2n) is 4.99. The van der Waals surface area contributed by atoms with Gasteiger partial charge in [0.05, 0.1) is 0 Å². The van der Waals surface area contributed by atoms with Gasteiger partial charge >= 0.3 is 6.09 Å². The number of carbonyl (C=O) groups is 1. The minimum absolute atomic E-state index is 0.323. The third kappa shape index (κ3) is 17.2. The number of ether oxygens (including phenoxy) is 1. The van der Waals surface area contributed by atoms with Gasteiger partial charge in [-0.3, -0.25) is 0 Å². The molecule has 0 saturated heterocycles. The quantitative estimate of drug-likeness (QED) is 0.743. The summed E-state index contributed by atoms with van der Waals surface area (Å²) in [6, 6.07) is 0. The summed E-state index contributed by atoms with van der Waals surface area (Å²) in [6.07, 6.45) is 2.78. The summed E-state index contributed by atoms with van der Waals surface area (Å²) in [5.41, 5.74) is 0.700. The van der Waals surface area contributed by atoms with Crippen molar-refractivity contribution in [3.63, 3.8) is 0 Å². The van der Waals surface area contributed by atoms with Gasteiger partial charge < -0.3 is 15.4 Å². The number of hydrogen-bond acceptors (Lipinski definition) is 3. The van der Waals surface area contributed by atoms with Crippen LogP contribution in [0.2, 0.25) is 0 Å². The number of allylic oxidation sites excluding steroid dienone is 1. The Hall–Kier alpha value is -1.19. The van der Waals surface area contributed by atoms with Crippen molar-refractivity contribution in [2.45, 2.75) is 59.5 Å². The molecular formula is C14H30N2O2. The minimum atomic E-state index is -0.393. The zero-order valence-electron chi connectivity index (χ0n) is 12.9. The predicted octanol–water partition coefficient (Wildman–Crippen LogP) is 3.44. The molecule has 0 aromatic heterocycles. The highest BCUT2D eigenvalue weighted by atomic mass is 16.6. The van der Waals surface area contributed by atoms with E-state index in [1.165, 1.54) is 0 Å². The Morgan fingerprint density at radius 2 is 1.83 bits per heavy atom. The third-order valence-electron chi connectivity index (χ3n) is 1.98. The molecule has 0 heterocycles. The van der Waals surface area contributed by atoms with Crippen molar-refractivity contribution < 1.29 is 9.53 Å². The van der Waals surface area contributed by atoms with Crippen LogP contribution < -0.4 is 10.6 Å². The van der Waals surface area contributed by atoms with Crippen LogP contribution in [0.4, 0.5) is 4.79 Å². The number of hydrogen-bond donors (Lipinski definition) is 2. The predicted molar refractivity (Wildman–Crippen MR) is 77.6 cm³/mol. The van der Waals surface area contributed by atoms with E-state index < -0.39 is 5.60 Å². The molecule has 0 fully saturated rings. The summed E-state index contributed by atoms with van der Waals surface area (Å²) in [7, 11) is 1.88. The fourth-order valence-electron chi connectivity index (χ4n) is 0.858. The van der Waals surface area contributed by atoms with E-state index in [2.05, 4.69) is 31.1 Å². The molecule has 18 heavy (non-hydrogen) atoms. The standard InChI is InChI=1S/C9H19NO2.C5H11N/c1-5-6-7-10-8(11)12-9(2,3)4;1-4-5(2)6-3/h5-7H2,1-4H3,(H,10,11);6H,2,4H2,1,3H3. The van der Waals surface area contributed by atoms with Gasteiger partial charge in [0.2, 0.25) is 0 Å². The molecule has 0 spiro atoms.